The van der Waals surface area contributed by atoms with Gasteiger partial charge < -0.3 is 14.8 Å². The lowest BCUT2D eigenvalue weighted by molar-refractivity contribution is -0.138. The summed E-state index contributed by atoms with van der Waals surface area (Å²) in [5.74, 6) is -2.00. The maximum absolute atomic E-state index is 14.4. The fourth-order valence-corrected chi connectivity index (χ4v) is 2.33. The number of carboxylic acid groups (broad SMARTS) is 1. The minimum Gasteiger partial charge on any atom is -0.479 e. The molecular formula is C15H10ClFN2O3. The second-order valence-corrected chi connectivity index (χ2v) is 4.97. The van der Waals surface area contributed by atoms with Crippen molar-refractivity contribution in [1.82, 2.24) is 4.98 Å². The monoisotopic (exact) mass is 320 g/mol. The molecule has 3 aromatic rings. The van der Waals surface area contributed by atoms with Gasteiger partial charge in [0.25, 0.3) is 0 Å². The summed E-state index contributed by atoms with van der Waals surface area (Å²) in [5.41, 5.74) is 0.582. The molecule has 1 unspecified atom stereocenters. The molecule has 2 aromatic carbocycles. The van der Waals surface area contributed by atoms with Gasteiger partial charge in [-0.15, -0.1) is 0 Å². The van der Waals surface area contributed by atoms with Crippen molar-refractivity contribution in [2.24, 2.45) is 0 Å². The van der Waals surface area contributed by atoms with Crippen LogP contribution in [0.4, 0.5) is 10.1 Å². The molecule has 0 aliphatic carbocycles. The van der Waals surface area contributed by atoms with Gasteiger partial charge in [0.15, 0.2) is 23.8 Å². The Hall–Kier alpha value is -2.60. The van der Waals surface area contributed by atoms with Crippen LogP contribution >= 0.6 is 11.6 Å². The number of carbonyl (C=O) groups is 1. The molecule has 7 heteroatoms. The van der Waals surface area contributed by atoms with Gasteiger partial charge in [-0.25, -0.2) is 14.2 Å². The van der Waals surface area contributed by atoms with Crippen LogP contribution in [0.3, 0.4) is 0 Å². The number of anilines is 1. The highest BCUT2D eigenvalue weighted by molar-refractivity contribution is 6.33. The van der Waals surface area contributed by atoms with Gasteiger partial charge >= 0.3 is 5.97 Å². The molecule has 0 fully saturated rings. The number of fused-ring (bicyclic) bond motifs is 1. The largest absolute Gasteiger partial charge is 0.479 e. The molecule has 0 aliphatic rings. The molecule has 1 atom stereocenters. The van der Waals surface area contributed by atoms with Gasteiger partial charge in [0.1, 0.15) is 5.52 Å². The first-order chi connectivity index (χ1) is 10.6. The molecule has 0 saturated carbocycles. The van der Waals surface area contributed by atoms with Gasteiger partial charge in [0.05, 0.1) is 10.7 Å². The maximum atomic E-state index is 14.4. The summed E-state index contributed by atoms with van der Waals surface area (Å²) >= 11 is 6.00. The van der Waals surface area contributed by atoms with E-state index >= 15 is 0 Å². The fourth-order valence-electron chi connectivity index (χ4n) is 2.14. The lowest BCUT2D eigenvalue weighted by atomic mass is 10.0. The Morgan fingerprint density at radius 1 is 1.32 bits per heavy atom. The minimum atomic E-state index is -1.31. The number of carboxylic acids is 1. The topological polar surface area (TPSA) is 75.4 Å². The Morgan fingerprint density at radius 2 is 2.09 bits per heavy atom. The van der Waals surface area contributed by atoms with Crippen LogP contribution < -0.4 is 5.32 Å². The first kappa shape index (κ1) is 14.3. The number of hydrogen-bond acceptors (Lipinski definition) is 4. The van der Waals surface area contributed by atoms with E-state index in [0.717, 1.165) is 6.39 Å². The average molecular weight is 321 g/mol. The number of nitrogens with zero attached hydrogens (tertiary/aromatic N) is 1. The van der Waals surface area contributed by atoms with Gasteiger partial charge in [-0.2, -0.15) is 0 Å². The number of halogens is 2. The first-order valence-electron chi connectivity index (χ1n) is 6.33. The second kappa shape index (κ2) is 5.65. The zero-order valence-corrected chi connectivity index (χ0v) is 11.8. The van der Waals surface area contributed by atoms with Crippen LogP contribution in [-0.4, -0.2) is 16.1 Å². The first-order valence-corrected chi connectivity index (χ1v) is 6.71. The molecule has 1 heterocycles. The van der Waals surface area contributed by atoms with E-state index in [1.54, 1.807) is 24.3 Å². The quantitative estimate of drug-likeness (QED) is 0.763. The van der Waals surface area contributed by atoms with Gasteiger partial charge in [-0.3, -0.25) is 0 Å². The Kier molecular flexibility index (Phi) is 3.68. The summed E-state index contributed by atoms with van der Waals surface area (Å²) in [6, 6.07) is 8.19. The molecule has 3 rings (SSSR count). The van der Waals surface area contributed by atoms with E-state index in [1.807, 2.05) is 0 Å². The van der Waals surface area contributed by atoms with Crippen molar-refractivity contribution in [2.45, 2.75) is 6.04 Å². The van der Waals surface area contributed by atoms with Crippen LogP contribution in [-0.2, 0) is 4.79 Å². The number of benzene rings is 2. The van der Waals surface area contributed by atoms with Crippen molar-refractivity contribution in [1.29, 1.82) is 0 Å². The molecule has 0 saturated heterocycles. The molecule has 0 radical (unpaired) electrons. The number of aliphatic carboxylic acids is 1. The lowest BCUT2D eigenvalue weighted by Gasteiger charge is -2.17. The lowest BCUT2D eigenvalue weighted by Crippen LogP contribution is -2.22. The Bertz CT molecular complexity index is 850. The summed E-state index contributed by atoms with van der Waals surface area (Å²) in [6.45, 7) is 0. The summed E-state index contributed by atoms with van der Waals surface area (Å²) in [5, 5.41) is 12.5. The Labute approximate surface area is 129 Å². The molecule has 0 amide bonds. The predicted octanol–water partition coefficient (Wildman–Crippen LogP) is 3.86. The van der Waals surface area contributed by atoms with E-state index in [0.29, 0.717) is 16.2 Å². The molecule has 0 aliphatic heterocycles. The summed E-state index contributed by atoms with van der Waals surface area (Å²) in [4.78, 5) is 15.4. The van der Waals surface area contributed by atoms with E-state index in [9.17, 15) is 14.3 Å². The average Bonchev–Trinajstić information content (AvgIpc) is 2.97. The van der Waals surface area contributed by atoms with Crippen molar-refractivity contribution in [3.63, 3.8) is 0 Å². The SMILES string of the molecule is O=C(O)C(Nc1ccccc1Cl)c1ccc2ncoc2c1F. The number of rotatable bonds is 4. The van der Waals surface area contributed by atoms with Crippen LogP contribution in [0.25, 0.3) is 11.1 Å². The van der Waals surface area contributed by atoms with Gasteiger partial charge in [-0.1, -0.05) is 29.8 Å². The number of hydrogen-bond donors (Lipinski definition) is 2. The van der Waals surface area contributed by atoms with Crippen LogP contribution in [0, 0.1) is 5.82 Å². The number of para-hydroxylation sites is 1. The van der Waals surface area contributed by atoms with E-state index in [2.05, 4.69) is 10.3 Å². The molecule has 5 nitrogen and oxygen atoms in total. The summed E-state index contributed by atoms with van der Waals surface area (Å²) < 4.78 is 19.4. The van der Waals surface area contributed by atoms with Gasteiger partial charge in [0, 0.05) is 5.56 Å². The van der Waals surface area contributed by atoms with Crippen molar-refractivity contribution >= 4 is 34.4 Å². The fraction of sp³-hybridized carbons (Fsp3) is 0.0667. The van der Waals surface area contributed by atoms with Crippen molar-refractivity contribution < 1.29 is 18.7 Å². The summed E-state index contributed by atoms with van der Waals surface area (Å²) in [6.07, 6.45) is 1.11. The smallest absolute Gasteiger partial charge is 0.330 e. The Balaban J connectivity index is 2.05. The van der Waals surface area contributed by atoms with Crippen LogP contribution in [0.1, 0.15) is 11.6 Å². The van der Waals surface area contributed by atoms with Crippen molar-refractivity contribution in [3.8, 4) is 0 Å². The minimum absolute atomic E-state index is 0.0586. The van der Waals surface area contributed by atoms with E-state index < -0.39 is 17.8 Å². The molecule has 1 aromatic heterocycles. The maximum Gasteiger partial charge on any atom is 0.330 e. The highest BCUT2D eigenvalue weighted by Crippen LogP contribution is 2.30. The molecule has 2 N–H and O–H groups in total. The third-order valence-corrected chi connectivity index (χ3v) is 3.53. The van der Waals surface area contributed by atoms with Crippen LogP contribution in [0.15, 0.2) is 47.2 Å². The van der Waals surface area contributed by atoms with E-state index in [-0.39, 0.29) is 11.1 Å². The molecule has 0 spiro atoms. The third-order valence-electron chi connectivity index (χ3n) is 3.20. The third kappa shape index (κ3) is 2.48. The van der Waals surface area contributed by atoms with Gasteiger partial charge in [0.2, 0.25) is 0 Å². The molecular weight excluding hydrogens is 311 g/mol. The number of nitrogens with one attached hydrogen (secondary N) is 1. The zero-order valence-electron chi connectivity index (χ0n) is 11.1. The van der Waals surface area contributed by atoms with Crippen LogP contribution in [0.2, 0.25) is 5.02 Å². The number of oxazole rings is 1. The van der Waals surface area contributed by atoms with E-state index in [1.165, 1.54) is 12.1 Å². The highest BCUT2D eigenvalue weighted by atomic mass is 35.5. The second-order valence-electron chi connectivity index (χ2n) is 4.56. The zero-order chi connectivity index (χ0) is 15.7. The number of aromatic nitrogens is 1. The summed E-state index contributed by atoms with van der Waals surface area (Å²) in [7, 11) is 0. The standard InChI is InChI=1S/C15H10ClFN2O3/c16-9-3-1-2-4-10(9)19-13(15(20)21)8-5-6-11-14(12(8)17)22-7-18-11/h1-7,13,19H,(H,20,21). The Morgan fingerprint density at radius 3 is 2.82 bits per heavy atom. The van der Waals surface area contributed by atoms with Gasteiger partial charge in [-0.05, 0) is 18.2 Å². The van der Waals surface area contributed by atoms with Crippen molar-refractivity contribution in [3.05, 3.63) is 59.2 Å². The van der Waals surface area contributed by atoms with E-state index in [4.69, 9.17) is 16.0 Å². The predicted molar refractivity (Wildman–Crippen MR) is 79.4 cm³/mol. The van der Waals surface area contributed by atoms with Crippen LogP contribution in [0.5, 0.6) is 0 Å². The van der Waals surface area contributed by atoms with Crippen molar-refractivity contribution in [2.75, 3.05) is 5.32 Å². The molecule has 0 bridgehead atoms. The molecule has 112 valence electrons. The normalized spacial score (nSPS) is 12.3. The highest BCUT2D eigenvalue weighted by Gasteiger charge is 2.26. The molecule has 22 heavy (non-hydrogen) atoms.